The molecule has 0 radical (unpaired) electrons. The zero-order valence-electron chi connectivity index (χ0n) is 8.72. The Hall–Kier alpha value is -1.28. The van der Waals surface area contributed by atoms with Crippen LogP contribution in [-0.4, -0.2) is 5.54 Å². The van der Waals surface area contributed by atoms with Crippen LogP contribution in [-0.2, 0) is 0 Å². The van der Waals surface area contributed by atoms with Crippen LogP contribution in [0.4, 0.5) is 0 Å². The third kappa shape index (κ3) is 0.840. The standard InChI is InChI=1S/C12H14N2/c1-9-10(2)12(14-3)6-4-11(9,8-13)5-7-12/h4-7H2,1-2H3. The molecule has 14 heavy (non-hydrogen) atoms. The Bertz CT molecular complexity index is 344. The molecule has 0 N–H and O–H groups in total. The normalized spacial score (nSPS) is 40.6. The minimum atomic E-state index is -0.247. The van der Waals surface area contributed by atoms with E-state index in [2.05, 4.69) is 10.9 Å². The first-order valence-electron chi connectivity index (χ1n) is 5.09. The summed E-state index contributed by atoms with van der Waals surface area (Å²) in [6.07, 6.45) is 3.53. The van der Waals surface area contributed by atoms with Crippen molar-refractivity contribution in [1.29, 1.82) is 5.26 Å². The Morgan fingerprint density at radius 3 is 2.21 bits per heavy atom. The number of hydrogen-bond donors (Lipinski definition) is 0. The van der Waals surface area contributed by atoms with Gasteiger partial charge in [0, 0.05) is 18.4 Å². The van der Waals surface area contributed by atoms with E-state index in [-0.39, 0.29) is 11.0 Å². The Morgan fingerprint density at radius 1 is 1.21 bits per heavy atom. The fraction of sp³-hybridized carbons (Fsp3) is 0.667. The fourth-order valence-electron chi connectivity index (χ4n) is 2.94. The van der Waals surface area contributed by atoms with E-state index in [1.54, 1.807) is 0 Å². The molecule has 0 aromatic carbocycles. The molecule has 1 saturated carbocycles. The third-order valence-corrected chi connectivity index (χ3v) is 4.34. The van der Waals surface area contributed by atoms with Gasteiger partial charge in [-0.1, -0.05) is 0 Å². The van der Waals surface area contributed by atoms with Gasteiger partial charge in [0.05, 0.1) is 11.5 Å². The summed E-state index contributed by atoms with van der Waals surface area (Å²) in [5, 5.41) is 9.25. The van der Waals surface area contributed by atoms with Gasteiger partial charge in [0.1, 0.15) is 0 Å². The lowest BCUT2D eigenvalue weighted by Crippen LogP contribution is -2.44. The number of fused-ring (bicyclic) bond motifs is 2. The molecule has 0 atom stereocenters. The number of allylic oxidation sites excluding steroid dienone is 1. The van der Waals surface area contributed by atoms with Gasteiger partial charge in [0.15, 0.2) is 0 Å². The van der Waals surface area contributed by atoms with Gasteiger partial charge >= 0.3 is 0 Å². The van der Waals surface area contributed by atoms with E-state index in [0.29, 0.717) is 0 Å². The largest absolute Gasteiger partial charge is 0.306 e. The van der Waals surface area contributed by atoms with Gasteiger partial charge in [-0.05, 0) is 32.3 Å². The van der Waals surface area contributed by atoms with Crippen molar-refractivity contribution in [2.24, 2.45) is 5.41 Å². The molecule has 0 aromatic heterocycles. The van der Waals surface area contributed by atoms with Crippen molar-refractivity contribution in [2.45, 2.75) is 45.1 Å². The number of hydrogen-bond acceptors (Lipinski definition) is 1. The molecule has 0 amide bonds. The van der Waals surface area contributed by atoms with E-state index in [1.165, 1.54) is 11.1 Å². The zero-order valence-corrected chi connectivity index (χ0v) is 8.72. The second-order valence-electron chi connectivity index (χ2n) is 4.59. The fourth-order valence-corrected chi connectivity index (χ4v) is 2.94. The van der Waals surface area contributed by atoms with E-state index >= 15 is 0 Å². The van der Waals surface area contributed by atoms with E-state index in [4.69, 9.17) is 6.57 Å². The topological polar surface area (TPSA) is 28.1 Å². The van der Waals surface area contributed by atoms with Crippen molar-refractivity contribution in [3.63, 3.8) is 0 Å². The summed E-state index contributed by atoms with van der Waals surface area (Å²) in [4.78, 5) is 3.81. The second kappa shape index (κ2) is 2.61. The lowest BCUT2D eigenvalue weighted by Gasteiger charge is -2.44. The molecule has 2 heteroatoms. The quantitative estimate of drug-likeness (QED) is 0.422. The van der Waals surface area contributed by atoms with Gasteiger partial charge in [-0.15, -0.1) is 0 Å². The zero-order chi connectivity index (χ0) is 10.4. The predicted molar refractivity (Wildman–Crippen MR) is 54.2 cm³/mol. The molecule has 2 nitrogen and oxygen atoms in total. The second-order valence-corrected chi connectivity index (χ2v) is 4.59. The van der Waals surface area contributed by atoms with E-state index in [9.17, 15) is 5.26 Å². The molecule has 0 spiro atoms. The molecule has 0 saturated heterocycles. The highest BCUT2D eigenvalue weighted by atomic mass is 14.8. The maximum Gasteiger partial charge on any atom is 0.253 e. The number of rotatable bonds is 0. The summed E-state index contributed by atoms with van der Waals surface area (Å²) >= 11 is 0. The summed E-state index contributed by atoms with van der Waals surface area (Å²) in [5.74, 6) is 0. The van der Waals surface area contributed by atoms with Gasteiger partial charge in [0.2, 0.25) is 0 Å². The van der Waals surface area contributed by atoms with Crippen molar-refractivity contribution in [1.82, 2.24) is 0 Å². The van der Waals surface area contributed by atoms with Crippen molar-refractivity contribution >= 4 is 0 Å². The Kier molecular flexibility index (Phi) is 1.73. The summed E-state index contributed by atoms with van der Waals surface area (Å²) in [6.45, 7) is 11.4. The lowest BCUT2D eigenvalue weighted by atomic mass is 9.56. The molecule has 72 valence electrons. The van der Waals surface area contributed by atoms with Crippen molar-refractivity contribution in [3.05, 3.63) is 22.6 Å². The molecule has 0 aliphatic heterocycles. The maximum atomic E-state index is 9.25. The van der Waals surface area contributed by atoms with Crippen LogP contribution < -0.4 is 0 Å². The van der Waals surface area contributed by atoms with Crippen LogP contribution in [0.15, 0.2) is 11.1 Å². The van der Waals surface area contributed by atoms with Crippen LogP contribution in [0, 0.1) is 23.3 Å². The predicted octanol–water partition coefficient (Wildman–Crippen LogP) is 3.08. The first-order chi connectivity index (χ1) is 6.60. The smallest absolute Gasteiger partial charge is 0.253 e. The molecule has 0 aromatic rings. The maximum absolute atomic E-state index is 9.25. The van der Waals surface area contributed by atoms with Crippen LogP contribution in [0.3, 0.4) is 0 Å². The number of nitriles is 1. The highest BCUT2D eigenvalue weighted by Gasteiger charge is 2.55. The number of nitrogens with zero attached hydrogens (tertiary/aromatic N) is 2. The van der Waals surface area contributed by atoms with Crippen LogP contribution in [0.25, 0.3) is 4.85 Å². The van der Waals surface area contributed by atoms with E-state index in [0.717, 1.165) is 25.7 Å². The first-order valence-corrected chi connectivity index (χ1v) is 5.09. The van der Waals surface area contributed by atoms with Gasteiger partial charge in [0.25, 0.3) is 5.54 Å². The lowest BCUT2D eigenvalue weighted by molar-refractivity contribution is 0.226. The van der Waals surface area contributed by atoms with Crippen LogP contribution in [0.1, 0.15) is 39.5 Å². The molecular weight excluding hydrogens is 172 g/mol. The SMILES string of the molecule is [C-]#[N+]C12CCC(C#N)(CC1)C(C)=C2C. The minimum Gasteiger partial charge on any atom is -0.306 e. The Balaban J connectivity index is 2.60. The van der Waals surface area contributed by atoms with Crippen molar-refractivity contribution < 1.29 is 0 Å². The third-order valence-electron chi connectivity index (χ3n) is 4.34. The van der Waals surface area contributed by atoms with E-state index < -0.39 is 0 Å². The molecule has 0 heterocycles. The van der Waals surface area contributed by atoms with E-state index in [1.807, 2.05) is 13.8 Å². The molecule has 3 aliphatic rings. The molecule has 2 bridgehead atoms. The van der Waals surface area contributed by atoms with Gasteiger partial charge in [-0.2, -0.15) is 5.26 Å². The van der Waals surface area contributed by atoms with Gasteiger partial charge in [-0.3, -0.25) is 0 Å². The molecule has 1 fully saturated rings. The Labute approximate surface area is 85.0 Å². The van der Waals surface area contributed by atoms with Gasteiger partial charge < -0.3 is 4.85 Å². The van der Waals surface area contributed by atoms with Crippen LogP contribution in [0.2, 0.25) is 0 Å². The molecule has 0 unspecified atom stereocenters. The minimum absolute atomic E-state index is 0.226. The van der Waals surface area contributed by atoms with Crippen molar-refractivity contribution in [2.75, 3.05) is 0 Å². The van der Waals surface area contributed by atoms with Crippen molar-refractivity contribution in [3.8, 4) is 6.07 Å². The highest BCUT2D eigenvalue weighted by Crippen LogP contribution is 2.56. The highest BCUT2D eigenvalue weighted by molar-refractivity contribution is 5.42. The summed E-state index contributed by atoms with van der Waals surface area (Å²) in [7, 11) is 0. The molecule has 3 aliphatic carbocycles. The monoisotopic (exact) mass is 186 g/mol. The van der Waals surface area contributed by atoms with Gasteiger partial charge in [-0.25, -0.2) is 6.57 Å². The average Bonchev–Trinajstić information content (AvgIpc) is 2.26. The molecule has 3 rings (SSSR count). The summed E-state index contributed by atoms with van der Waals surface area (Å²) in [6, 6.07) is 2.47. The Morgan fingerprint density at radius 2 is 1.79 bits per heavy atom. The summed E-state index contributed by atoms with van der Waals surface area (Å²) in [5.41, 5.74) is 1.87. The first kappa shape index (κ1) is 9.28. The molecular formula is C12H14N2. The van der Waals surface area contributed by atoms with Crippen LogP contribution in [0.5, 0.6) is 0 Å². The average molecular weight is 186 g/mol. The summed E-state index contributed by atoms with van der Waals surface area (Å²) < 4.78 is 0. The van der Waals surface area contributed by atoms with Crippen LogP contribution >= 0.6 is 0 Å².